The van der Waals surface area contributed by atoms with E-state index in [1.807, 2.05) is 30.3 Å². The topological polar surface area (TPSA) is 60.9 Å². The van der Waals surface area contributed by atoms with Crippen molar-refractivity contribution in [1.29, 1.82) is 0 Å². The van der Waals surface area contributed by atoms with E-state index in [0.29, 0.717) is 13.1 Å². The van der Waals surface area contributed by atoms with Gasteiger partial charge in [0, 0.05) is 31.1 Å². The molecule has 2 aliphatic rings. The molecule has 3 rings (SSSR count). The molecule has 5 nitrogen and oxygen atoms in total. The average molecular weight is 383 g/mol. The molecule has 1 amide bonds. The minimum Gasteiger partial charge on any atom is -0.481 e. The van der Waals surface area contributed by atoms with Crippen LogP contribution in [0.4, 0.5) is 0 Å². The Labute approximate surface area is 167 Å². The first-order chi connectivity index (χ1) is 13.4. The summed E-state index contributed by atoms with van der Waals surface area (Å²) in [6, 6.07) is 9.68. The molecular weight excluding hydrogens is 352 g/mol. The molecule has 5 heteroatoms. The molecule has 0 aliphatic carbocycles. The predicted octanol–water partition coefficient (Wildman–Crippen LogP) is 3.29. The molecule has 1 atom stereocenters. The number of carbonyl (C=O) groups excluding carboxylic acids is 1. The van der Waals surface area contributed by atoms with Crippen molar-refractivity contribution < 1.29 is 14.7 Å². The highest BCUT2D eigenvalue weighted by Gasteiger charge is 2.52. The molecule has 150 valence electrons. The number of likely N-dealkylation sites (tertiary alicyclic amines) is 2. The predicted molar refractivity (Wildman–Crippen MR) is 111 cm³/mol. The van der Waals surface area contributed by atoms with Crippen molar-refractivity contribution in [2.45, 2.75) is 26.7 Å². The number of rotatable bonds is 5. The lowest BCUT2D eigenvalue weighted by atomic mass is 9.71. The Morgan fingerprint density at radius 1 is 1.18 bits per heavy atom. The smallest absolute Gasteiger partial charge is 0.308 e. The zero-order valence-electron chi connectivity index (χ0n) is 16.8. The molecule has 28 heavy (non-hydrogen) atoms. The van der Waals surface area contributed by atoms with Gasteiger partial charge in [0.2, 0.25) is 5.91 Å². The number of allylic oxidation sites excluding steroid dienone is 1. The maximum absolute atomic E-state index is 12.7. The lowest BCUT2D eigenvalue weighted by Crippen LogP contribution is -2.46. The zero-order valence-corrected chi connectivity index (χ0v) is 16.8. The number of amides is 1. The molecule has 0 saturated carbocycles. The number of nitrogens with zero attached hydrogens (tertiary/aromatic N) is 2. The zero-order chi connectivity index (χ0) is 20.1. The Kier molecular flexibility index (Phi) is 6.35. The van der Waals surface area contributed by atoms with E-state index < -0.39 is 11.9 Å². The van der Waals surface area contributed by atoms with Gasteiger partial charge in [0.25, 0.3) is 0 Å². The first kappa shape index (κ1) is 20.3. The Hall–Kier alpha value is -2.40. The maximum atomic E-state index is 12.7. The number of carboxylic acid groups (broad SMARTS) is 1. The minimum atomic E-state index is -0.778. The lowest BCUT2D eigenvalue weighted by Gasteiger charge is -2.41. The fourth-order valence-corrected chi connectivity index (χ4v) is 4.31. The van der Waals surface area contributed by atoms with Gasteiger partial charge in [-0.1, -0.05) is 42.0 Å². The number of carbonyl (C=O) groups is 2. The quantitative estimate of drug-likeness (QED) is 0.627. The summed E-state index contributed by atoms with van der Waals surface area (Å²) in [7, 11) is 0. The van der Waals surface area contributed by atoms with E-state index in [2.05, 4.69) is 24.8 Å². The van der Waals surface area contributed by atoms with Crippen LogP contribution in [0.15, 0.2) is 48.1 Å². The summed E-state index contributed by atoms with van der Waals surface area (Å²) in [6.07, 6.45) is 7.23. The Morgan fingerprint density at radius 3 is 2.46 bits per heavy atom. The van der Waals surface area contributed by atoms with Crippen molar-refractivity contribution in [2.75, 3.05) is 32.7 Å². The Balaban J connectivity index is 1.66. The molecule has 2 fully saturated rings. The van der Waals surface area contributed by atoms with Gasteiger partial charge in [-0.15, -0.1) is 0 Å². The highest BCUT2D eigenvalue weighted by molar-refractivity contribution is 5.92. The average Bonchev–Trinajstić information content (AvgIpc) is 3.06. The second kappa shape index (κ2) is 8.74. The number of aliphatic carboxylic acids is 1. The number of benzene rings is 1. The van der Waals surface area contributed by atoms with Crippen LogP contribution in [0, 0.1) is 11.3 Å². The summed E-state index contributed by atoms with van der Waals surface area (Å²) in [6.45, 7) is 7.72. The van der Waals surface area contributed by atoms with Crippen molar-refractivity contribution in [3.63, 3.8) is 0 Å². The third-order valence-corrected chi connectivity index (χ3v) is 6.09. The summed E-state index contributed by atoms with van der Waals surface area (Å²) in [5.74, 6) is -1.36. The van der Waals surface area contributed by atoms with Gasteiger partial charge in [0.1, 0.15) is 0 Å². The van der Waals surface area contributed by atoms with Crippen LogP contribution in [0.3, 0.4) is 0 Å². The number of hydrogen-bond donors (Lipinski definition) is 1. The maximum Gasteiger partial charge on any atom is 0.308 e. The van der Waals surface area contributed by atoms with Crippen molar-refractivity contribution in [3.05, 3.63) is 53.6 Å². The molecule has 2 heterocycles. The third kappa shape index (κ3) is 4.71. The molecule has 1 unspecified atom stereocenters. The van der Waals surface area contributed by atoms with Crippen LogP contribution >= 0.6 is 0 Å². The van der Waals surface area contributed by atoms with Gasteiger partial charge in [-0.05, 0) is 51.4 Å². The summed E-state index contributed by atoms with van der Waals surface area (Å²) < 4.78 is 0. The lowest BCUT2D eigenvalue weighted by molar-refractivity contribution is -0.145. The Bertz CT molecular complexity index is 757. The molecule has 1 spiro atoms. The van der Waals surface area contributed by atoms with Gasteiger partial charge in [-0.2, -0.15) is 0 Å². The van der Waals surface area contributed by atoms with E-state index >= 15 is 0 Å². The summed E-state index contributed by atoms with van der Waals surface area (Å²) in [5.41, 5.74) is 1.96. The molecule has 0 radical (unpaired) electrons. The molecular formula is C23H30N2O3. The summed E-state index contributed by atoms with van der Waals surface area (Å²) in [5, 5.41) is 9.80. The van der Waals surface area contributed by atoms with Gasteiger partial charge in [0.15, 0.2) is 0 Å². The third-order valence-electron chi connectivity index (χ3n) is 6.09. The summed E-state index contributed by atoms with van der Waals surface area (Å²) >= 11 is 0. The number of piperidine rings is 1. The second-order valence-corrected chi connectivity index (χ2v) is 8.30. The van der Waals surface area contributed by atoms with Crippen LogP contribution in [0.5, 0.6) is 0 Å². The normalized spacial score (nSPS) is 21.9. The van der Waals surface area contributed by atoms with Crippen LogP contribution in [0.2, 0.25) is 0 Å². The van der Waals surface area contributed by atoms with E-state index in [-0.39, 0.29) is 11.3 Å². The van der Waals surface area contributed by atoms with Crippen LogP contribution in [0.1, 0.15) is 32.3 Å². The molecule has 0 bridgehead atoms. The van der Waals surface area contributed by atoms with Crippen molar-refractivity contribution >= 4 is 18.0 Å². The first-order valence-corrected chi connectivity index (χ1v) is 10.0. The van der Waals surface area contributed by atoms with Gasteiger partial charge < -0.3 is 10.0 Å². The van der Waals surface area contributed by atoms with Gasteiger partial charge in [-0.3, -0.25) is 14.5 Å². The minimum absolute atomic E-state index is 0.0982. The first-order valence-electron chi connectivity index (χ1n) is 10.0. The van der Waals surface area contributed by atoms with E-state index in [9.17, 15) is 14.7 Å². The van der Waals surface area contributed by atoms with E-state index in [1.54, 1.807) is 17.1 Å². The number of hydrogen-bond acceptors (Lipinski definition) is 3. The molecule has 0 aromatic heterocycles. The van der Waals surface area contributed by atoms with Gasteiger partial charge >= 0.3 is 5.97 Å². The fraction of sp³-hybridized carbons (Fsp3) is 0.478. The molecule has 2 aliphatic heterocycles. The van der Waals surface area contributed by atoms with Crippen molar-refractivity contribution in [1.82, 2.24) is 9.80 Å². The molecule has 2 saturated heterocycles. The van der Waals surface area contributed by atoms with Gasteiger partial charge in [0.05, 0.1) is 5.92 Å². The second-order valence-electron chi connectivity index (χ2n) is 8.30. The molecule has 1 aromatic rings. The largest absolute Gasteiger partial charge is 0.481 e. The van der Waals surface area contributed by atoms with Crippen LogP contribution in [0.25, 0.3) is 6.08 Å². The van der Waals surface area contributed by atoms with Crippen molar-refractivity contribution in [3.8, 4) is 0 Å². The highest BCUT2D eigenvalue weighted by atomic mass is 16.4. The van der Waals surface area contributed by atoms with Crippen molar-refractivity contribution in [2.24, 2.45) is 11.3 Å². The van der Waals surface area contributed by atoms with E-state index in [1.165, 1.54) is 5.57 Å². The highest BCUT2D eigenvalue weighted by Crippen LogP contribution is 2.45. The van der Waals surface area contributed by atoms with E-state index in [0.717, 1.165) is 38.0 Å². The fourth-order valence-electron chi connectivity index (χ4n) is 4.31. The monoisotopic (exact) mass is 382 g/mol. The standard InChI is InChI=1S/C23H30N2O3/c1-18(2)10-13-24-14-11-23(12-15-24)17-25(16-20(23)22(27)28)21(26)9-8-19-6-4-3-5-7-19/h3-10,20H,11-17H2,1-2H3,(H,27,28)/b9-8+. The number of carboxylic acids is 1. The molecule has 1 N–H and O–H groups in total. The van der Waals surface area contributed by atoms with Crippen LogP contribution < -0.4 is 0 Å². The van der Waals surface area contributed by atoms with Crippen LogP contribution in [-0.2, 0) is 9.59 Å². The summed E-state index contributed by atoms with van der Waals surface area (Å²) in [4.78, 5) is 28.7. The SMILES string of the molecule is CC(C)=CCN1CCC2(CC1)CN(C(=O)/C=C/c1ccccc1)CC2C(=O)O. The Morgan fingerprint density at radius 2 is 1.86 bits per heavy atom. The van der Waals surface area contributed by atoms with E-state index in [4.69, 9.17) is 0 Å². The van der Waals surface area contributed by atoms with Gasteiger partial charge in [-0.25, -0.2) is 0 Å². The van der Waals surface area contributed by atoms with Crippen LogP contribution in [-0.4, -0.2) is 59.5 Å². The molecule has 1 aromatic carbocycles.